The van der Waals surface area contributed by atoms with Crippen LogP contribution in [0.3, 0.4) is 0 Å². The Morgan fingerprint density at radius 3 is 2.70 bits per heavy atom. The van der Waals surface area contributed by atoms with Gasteiger partial charge in [0.1, 0.15) is 6.54 Å². The van der Waals surface area contributed by atoms with Crippen molar-refractivity contribution in [2.45, 2.75) is 12.5 Å². The van der Waals surface area contributed by atoms with E-state index >= 15 is 0 Å². The Bertz CT molecular complexity index is 944. The summed E-state index contributed by atoms with van der Waals surface area (Å²) in [5.41, 5.74) is 0.601. The summed E-state index contributed by atoms with van der Waals surface area (Å²) in [5, 5.41) is -0.0957. The number of carbonyl (C=O) groups excluding carboxylic acids is 3. The molecule has 10 heteroatoms. The second-order valence-electron chi connectivity index (χ2n) is 6.35. The lowest BCUT2D eigenvalue weighted by Crippen LogP contribution is -2.45. The van der Waals surface area contributed by atoms with Crippen LogP contribution in [0.2, 0.25) is 5.02 Å². The molecule has 7 nitrogen and oxygen atoms in total. The van der Waals surface area contributed by atoms with Gasteiger partial charge in [-0.3, -0.25) is 19.3 Å². The molecule has 3 rings (SSSR count). The molecule has 144 valence electrons. The summed E-state index contributed by atoms with van der Waals surface area (Å²) in [5.74, 6) is -1.09. The van der Waals surface area contributed by atoms with Crippen molar-refractivity contribution in [3.05, 3.63) is 39.8 Å². The second kappa shape index (κ2) is 7.65. The molecule has 27 heavy (non-hydrogen) atoms. The maximum Gasteiger partial charge on any atom is 0.294 e. The van der Waals surface area contributed by atoms with Crippen molar-refractivity contribution in [2.75, 3.05) is 25.1 Å². The molecular weight excluding hydrogens is 412 g/mol. The smallest absolute Gasteiger partial charge is 0.294 e. The second-order valence-corrected chi connectivity index (χ2v) is 9.98. The minimum atomic E-state index is -3.14. The number of sulfone groups is 1. The molecule has 3 amide bonds. The zero-order chi connectivity index (χ0) is 19.8. The average molecular weight is 429 g/mol. The summed E-state index contributed by atoms with van der Waals surface area (Å²) in [7, 11) is -1.64. The van der Waals surface area contributed by atoms with E-state index in [0.29, 0.717) is 17.0 Å². The van der Waals surface area contributed by atoms with Gasteiger partial charge in [-0.05, 0) is 35.9 Å². The third kappa shape index (κ3) is 4.36. The van der Waals surface area contributed by atoms with Gasteiger partial charge in [-0.15, -0.1) is 0 Å². The van der Waals surface area contributed by atoms with E-state index in [2.05, 4.69) is 0 Å². The Morgan fingerprint density at radius 2 is 2.07 bits per heavy atom. The van der Waals surface area contributed by atoms with Crippen molar-refractivity contribution in [3.63, 3.8) is 0 Å². The first-order valence-corrected chi connectivity index (χ1v) is 11.2. The predicted molar refractivity (Wildman–Crippen MR) is 104 cm³/mol. The maximum atomic E-state index is 12.5. The van der Waals surface area contributed by atoms with Gasteiger partial charge in [-0.25, -0.2) is 8.42 Å². The molecule has 0 saturated carbocycles. The van der Waals surface area contributed by atoms with Gasteiger partial charge in [0.25, 0.3) is 11.1 Å². The molecule has 0 N–H and O–H groups in total. The first kappa shape index (κ1) is 19.9. The molecule has 2 saturated heterocycles. The van der Waals surface area contributed by atoms with Crippen LogP contribution in [0.4, 0.5) is 4.79 Å². The van der Waals surface area contributed by atoms with Gasteiger partial charge in [0.2, 0.25) is 5.91 Å². The van der Waals surface area contributed by atoms with E-state index in [-0.39, 0.29) is 16.4 Å². The van der Waals surface area contributed by atoms with E-state index in [1.165, 1.54) is 18.0 Å². The van der Waals surface area contributed by atoms with Crippen LogP contribution < -0.4 is 0 Å². The monoisotopic (exact) mass is 428 g/mol. The van der Waals surface area contributed by atoms with Crippen molar-refractivity contribution in [1.29, 1.82) is 0 Å². The first-order chi connectivity index (χ1) is 12.7. The minimum absolute atomic E-state index is 0.0391. The number of halogens is 1. The Morgan fingerprint density at radius 1 is 1.37 bits per heavy atom. The molecule has 1 aromatic rings. The van der Waals surface area contributed by atoms with E-state index in [1.54, 1.807) is 24.3 Å². The lowest BCUT2D eigenvalue weighted by molar-refractivity contribution is -0.136. The van der Waals surface area contributed by atoms with Crippen molar-refractivity contribution in [3.8, 4) is 0 Å². The zero-order valence-corrected chi connectivity index (χ0v) is 16.8. The maximum absolute atomic E-state index is 12.5. The van der Waals surface area contributed by atoms with Crippen LogP contribution in [-0.4, -0.2) is 66.4 Å². The summed E-state index contributed by atoms with van der Waals surface area (Å²) in [6, 6.07) is 6.47. The highest BCUT2D eigenvalue weighted by Gasteiger charge is 2.39. The number of likely N-dealkylation sites (N-methyl/N-ethyl adjacent to an activating group) is 1. The molecule has 1 aromatic carbocycles. The molecule has 2 fully saturated rings. The number of carbonyl (C=O) groups is 3. The summed E-state index contributed by atoms with van der Waals surface area (Å²) >= 11 is 6.82. The molecule has 0 bridgehead atoms. The van der Waals surface area contributed by atoms with Gasteiger partial charge >= 0.3 is 0 Å². The quantitative estimate of drug-likeness (QED) is 0.681. The topological polar surface area (TPSA) is 91.8 Å². The van der Waals surface area contributed by atoms with Gasteiger partial charge in [0, 0.05) is 18.1 Å². The molecule has 2 heterocycles. The Kier molecular flexibility index (Phi) is 5.64. The molecule has 1 atom stereocenters. The number of benzene rings is 1. The number of thioether (sulfide) groups is 1. The molecule has 0 aliphatic carbocycles. The number of nitrogens with zero attached hydrogens (tertiary/aromatic N) is 2. The largest absolute Gasteiger partial charge is 0.340 e. The summed E-state index contributed by atoms with van der Waals surface area (Å²) < 4.78 is 23.2. The van der Waals surface area contributed by atoms with Crippen LogP contribution in [-0.2, 0) is 19.4 Å². The molecule has 0 radical (unpaired) electrons. The van der Waals surface area contributed by atoms with Crippen LogP contribution in [0.25, 0.3) is 6.08 Å². The molecule has 2 aliphatic heterocycles. The number of rotatable bonds is 4. The fraction of sp³-hybridized carbons (Fsp3) is 0.353. The third-order valence-electron chi connectivity index (χ3n) is 4.51. The Hall–Kier alpha value is -1.84. The lowest BCUT2D eigenvalue weighted by Gasteiger charge is -2.25. The highest BCUT2D eigenvalue weighted by molar-refractivity contribution is 8.18. The highest BCUT2D eigenvalue weighted by Crippen LogP contribution is 2.33. The summed E-state index contributed by atoms with van der Waals surface area (Å²) in [6.45, 7) is -0.419. The molecule has 2 aliphatic rings. The molecule has 0 spiro atoms. The van der Waals surface area contributed by atoms with Crippen molar-refractivity contribution in [2.24, 2.45) is 0 Å². The van der Waals surface area contributed by atoms with Crippen LogP contribution in [0.1, 0.15) is 12.0 Å². The Labute approximate surface area is 166 Å². The van der Waals surface area contributed by atoms with Crippen molar-refractivity contribution in [1.82, 2.24) is 9.80 Å². The van der Waals surface area contributed by atoms with E-state index in [9.17, 15) is 22.8 Å². The lowest BCUT2D eigenvalue weighted by atomic mass is 10.2. The minimum Gasteiger partial charge on any atom is -0.340 e. The van der Waals surface area contributed by atoms with Crippen LogP contribution >= 0.6 is 23.4 Å². The van der Waals surface area contributed by atoms with E-state index < -0.39 is 39.5 Å². The van der Waals surface area contributed by atoms with Crippen LogP contribution in [0.5, 0.6) is 0 Å². The van der Waals surface area contributed by atoms with Crippen molar-refractivity contribution >= 4 is 56.3 Å². The van der Waals surface area contributed by atoms with Gasteiger partial charge in [0.05, 0.1) is 16.4 Å². The molecular formula is C17H17ClN2O5S2. The standard InChI is InChI=1S/C17H17ClN2O5S2/c1-19(12-6-7-27(24,25)10-12)15(21)9-20-16(22)14(26-17(20)23)8-11-4-2-3-5-13(11)18/h2-5,8,12H,6-7,9-10H2,1H3/b14-8-/t12-/m0/s1. The van der Waals surface area contributed by atoms with Gasteiger partial charge in [0.15, 0.2) is 9.84 Å². The Balaban J connectivity index is 1.70. The van der Waals surface area contributed by atoms with E-state index in [4.69, 9.17) is 11.6 Å². The number of hydrogen-bond acceptors (Lipinski definition) is 6. The zero-order valence-electron chi connectivity index (χ0n) is 14.4. The SMILES string of the molecule is CN(C(=O)CN1C(=O)S/C(=C\c2ccccc2Cl)C1=O)[C@H]1CCS(=O)(=O)C1. The van der Waals surface area contributed by atoms with E-state index in [1.807, 2.05) is 0 Å². The fourth-order valence-electron chi connectivity index (χ4n) is 2.90. The highest BCUT2D eigenvalue weighted by atomic mass is 35.5. The fourth-order valence-corrected chi connectivity index (χ4v) is 5.69. The van der Waals surface area contributed by atoms with E-state index in [0.717, 1.165) is 16.7 Å². The summed E-state index contributed by atoms with van der Waals surface area (Å²) in [4.78, 5) is 39.5. The van der Waals surface area contributed by atoms with Gasteiger partial charge < -0.3 is 4.90 Å². The average Bonchev–Trinajstić information content (AvgIpc) is 3.10. The molecule has 0 aromatic heterocycles. The number of amides is 3. The third-order valence-corrected chi connectivity index (χ3v) is 7.51. The summed E-state index contributed by atoms with van der Waals surface area (Å²) in [6.07, 6.45) is 1.88. The van der Waals surface area contributed by atoms with Crippen LogP contribution in [0.15, 0.2) is 29.2 Å². The number of imide groups is 1. The number of hydrogen-bond donors (Lipinski definition) is 0. The predicted octanol–water partition coefficient (Wildman–Crippen LogP) is 2.02. The van der Waals surface area contributed by atoms with Gasteiger partial charge in [-0.1, -0.05) is 29.8 Å². The molecule has 0 unspecified atom stereocenters. The van der Waals surface area contributed by atoms with Crippen LogP contribution in [0, 0.1) is 0 Å². The first-order valence-electron chi connectivity index (χ1n) is 8.14. The van der Waals surface area contributed by atoms with Gasteiger partial charge in [-0.2, -0.15) is 0 Å². The normalized spacial score (nSPS) is 23.3. The van der Waals surface area contributed by atoms with Crippen molar-refractivity contribution < 1.29 is 22.8 Å².